The molecule has 0 saturated carbocycles. The molecule has 1 N–H and O–H groups in total. The fourth-order valence-corrected chi connectivity index (χ4v) is 0.983. The SMILES string of the molecule is O=[N+]([O-])c1ccc(O)c2nnoc12. The minimum absolute atomic E-state index is 0.00537. The van der Waals surface area contributed by atoms with E-state index in [1.54, 1.807) is 0 Å². The number of rotatable bonds is 1. The van der Waals surface area contributed by atoms with Crippen LogP contribution in [0.25, 0.3) is 11.1 Å². The quantitative estimate of drug-likeness (QED) is 0.516. The van der Waals surface area contributed by atoms with Crippen molar-refractivity contribution in [1.29, 1.82) is 0 Å². The first kappa shape index (κ1) is 7.47. The number of hydrogen-bond acceptors (Lipinski definition) is 6. The largest absolute Gasteiger partial charge is 0.505 e. The second kappa shape index (κ2) is 2.41. The van der Waals surface area contributed by atoms with Gasteiger partial charge in [-0.3, -0.25) is 10.1 Å². The highest BCUT2D eigenvalue weighted by Gasteiger charge is 2.19. The molecular weight excluding hydrogens is 178 g/mol. The monoisotopic (exact) mass is 181 g/mol. The Kier molecular flexibility index (Phi) is 1.38. The van der Waals surface area contributed by atoms with Crippen LogP contribution < -0.4 is 0 Å². The van der Waals surface area contributed by atoms with Crippen LogP contribution in [0.1, 0.15) is 0 Å². The molecule has 0 aliphatic heterocycles. The molecule has 0 aliphatic carbocycles. The number of aromatic nitrogens is 2. The molecule has 1 aromatic carbocycles. The smallest absolute Gasteiger partial charge is 0.317 e. The van der Waals surface area contributed by atoms with E-state index in [0.29, 0.717) is 0 Å². The van der Waals surface area contributed by atoms with Crippen molar-refractivity contribution in [2.24, 2.45) is 0 Å². The third kappa shape index (κ3) is 0.975. The number of hydrogen-bond donors (Lipinski definition) is 1. The summed E-state index contributed by atoms with van der Waals surface area (Å²) in [5, 5.41) is 26.1. The summed E-state index contributed by atoms with van der Waals surface area (Å²) in [6, 6.07) is 2.30. The lowest BCUT2D eigenvalue weighted by atomic mass is 10.2. The molecule has 7 heteroatoms. The predicted octanol–water partition coefficient (Wildman–Crippen LogP) is 0.837. The summed E-state index contributed by atoms with van der Waals surface area (Å²) in [7, 11) is 0. The summed E-state index contributed by atoms with van der Waals surface area (Å²) < 4.78 is 4.53. The van der Waals surface area contributed by atoms with Crippen LogP contribution in [0.5, 0.6) is 5.75 Å². The first-order valence-electron chi connectivity index (χ1n) is 3.28. The second-order valence-electron chi connectivity index (χ2n) is 2.31. The standard InChI is InChI=1S/C6H3N3O4/c10-4-2-1-3(9(11)12)6-5(4)7-8-13-6/h1-2,10H. The Morgan fingerprint density at radius 1 is 1.54 bits per heavy atom. The van der Waals surface area contributed by atoms with Gasteiger partial charge in [-0.05, 0) is 6.07 Å². The number of nitro benzene ring substituents is 1. The molecule has 0 unspecified atom stereocenters. The number of phenolic OH excluding ortho intramolecular Hbond substituents is 1. The van der Waals surface area contributed by atoms with E-state index in [1.165, 1.54) is 6.07 Å². The molecule has 2 rings (SSSR count). The average Bonchev–Trinajstić information content (AvgIpc) is 2.53. The van der Waals surface area contributed by atoms with E-state index in [4.69, 9.17) is 0 Å². The van der Waals surface area contributed by atoms with Crippen molar-refractivity contribution >= 4 is 16.8 Å². The summed E-state index contributed by atoms with van der Waals surface area (Å²) in [5.74, 6) is -0.193. The molecule has 7 nitrogen and oxygen atoms in total. The normalized spacial score (nSPS) is 10.5. The van der Waals surface area contributed by atoms with E-state index in [9.17, 15) is 15.2 Å². The number of non-ortho nitro benzene ring substituents is 1. The molecule has 0 atom stereocenters. The van der Waals surface area contributed by atoms with E-state index in [-0.39, 0.29) is 22.5 Å². The highest BCUT2D eigenvalue weighted by atomic mass is 16.6. The van der Waals surface area contributed by atoms with Gasteiger partial charge in [0.1, 0.15) is 5.75 Å². The fourth-order valence-electron chi connectivity index (χ4n) is 0.983. The fraction of sp³-hybridized carbons (Fsp3) is 0. The molecule has 66 valence electrons. The summed E-state index contributed by atoms with van der Waals surface area (Å²) >= 11 is 0. The maximum Gasteiger partial charge on any atom is 0.317 e. The minimum atomic E-state index is -0.630. The van der Waals surface area contributed by atoms with E-state index in [2.05, 4.69) is 14.9 Å². The maximum atomic E-state index is 10.4. The van der Waals surface area contributed by atoms with Crippen molar-refractivity contribution in [1.82, 2.24) is 10.4 Å². The highest BCUT2D eigenvalue weighted by molar-refractivity contribution is 5.86. The molecule has 0 radical (unpaired) electrons. The summed E-state index contributed by atoms with van der Waals surface area (Å²) in [4.78, 5) is 9.80. The van der Waals surface area contributed by atoms with Gasteiger partial charge in [0.2, 0.25) is 0 Å². The molecule has 1 aromatic heterocycles. The van der Waals surface area contributed by atoms with Gasteiger partial charge in [-0.25, -0.2) is 0 Å². The van der Waals surface area contributed by atoms with Gasteiger partial charge in [-0.15, -0.1) is 5.10 Å². The molecule has 0 spiro atoms. The van der Waals surface area contributed by atoms with Crippen LogP contribution in [0.2, 0.25) is 0 Å². The van der Waals surface area contributed by atoms with Crippen molar-refractivity contribution in [3.05, 3.63) is 22.2 Å². The zero-order valence-electron chi connectivity index (χ0n) is 6.17. The van der Waals surface area contributed by atoms with Crippen LogP contribution >= 0.6 is 0 Å². The molecule has 13 heavy (non-hydrogen) atoms. The van der Waals surface area contributed by atoms with Crippen LogP contribution in [0.15, 0.2) is 16.7 Å². The zero-order valence-corrected chi connectivity index (χ0v) is 6.17. The van der Waals surface area contributed by atoms with E-state index >= 15 is 0 Å². The Morgan fingerprint density at radius 2 is 2.31 bits per heavy atom. The first-order chi connectivity index (χ1) is 6.20. The van der Waals surface area contributed by atoms with E-state index < -0.39 is 4.92 Å². The van der Waals surface area contributed by atoms with Crippen LogP contribution in [0.3, 0.4) is 0 Å². The van der Waals surface area contributed by atoms with Crippen LogP contribution in [0.4, 0.5) is 5.69 Å². The minimum Gasteiger partial charge on any atom is -0.505 e. The van der Waals surface area contributed by atoms with Gasteiger partial charge in [0.15, 0.2) is 5.52 Å². The third-order valence-electron chi connectivity index (χ3n) is 1.56. The lowest BCUT2D eigenvalue weighted by molar-refractivity contribution is -0.383. The number of fused-ring (bicyclic) bond motifs is 1. The molecule has 0 saturated heterocycles. The van der Waals surface area contributed by atoms with Crippen molar-refractivity contribution in [3.63, 3.8) is 0 Å². The Balaban J connectivity index is 2.86. The topological polar surface area (TPSA) is 102 Å². The number of phenols is 1. The molecular formula is C6H3N3O4. The first-order valence-corrected chi connectivity index (χ1v) is 3.28. The van der Waals surface area contributed by atoms with Gasteiger partial charge in [0.25, 0.3) is 5.58 Å². The molecule has 0 bridgehead atoms. The number of benzene rings is 1. The average molecular weight is 181 g/mol. The highest BCUT2D eigenvalue weighted by Crippen LogP contribution is 2.29. The van der Waals surface area contributed by atoms with Crippen molar-refractivity contribution in [3.8, 4) is 5.75 Å². The lowest BCUT2D eigenvalue weighted by Gasteiger charge is -1.91. The van der Waals surface area contributed by atoms with Crippen molar-refractivity contribution < 1.29 is 14.6 Å². The van der Waals surface area contributed by atoms with E-state index in [0.717, 1.165) is 6.07 Å². The number of nitro groups is 1. The van der Waals surface area contributed by atoms with Gasteiger partial charge in [0, 0.05) is 11.3 Å². The summed E-state index contributed by atoms with van der Waals surface area (Å²) in [5.41, 5.74) is -0.392. The van der Waals surface area contributed by atoms with Gasteiger partial charge in [0.05, 0.1) is 4.92 Å². The van der Waals surface area contributed by atoms with Crippen LogP contribution in [-0.4, -0.2) is 20.4 Å². The molecule has 2 aromatic rings. The van der Waals surface area contributed by atoms with Crippen LogP contribution in [-0.2, 0) is 0 Å². The number of nitrogens with zero attached hydrogens (tertiary/aromatic N) is 3. The second-order valence-corrected chi connectivity index (χ2v) is 2.31. The Labute approximate surface area is 70.7 Å². The molecule has 0 fully saturated rings. The van der Waals surface area contributed by atoms with Crippen molar-refractivity contribution in [2.75, 3.05) is 0 Å². The van der Waals surface area contributed by atoms with Gasteiger partial charge >= 0.3 is 5.69 Å². The number of aromatic hydroxyl groups is 1. The Morgan fingerprint density at radius 3 is 3.00 bits per heavy atom. The van der Waals surface area contributed by atoms with Crippen LogP contribution in [0, 0.1) is 10.1 Å². The molecule has 0 aliphatic rings. The zero-order chi connectivity index (χ0) is 9.42. The summed E-state index contributed by atoms with van der Waals surface area (Å²) in [6.07, 6.45) is 0. The molecule has 0 amide bonds. The maximum absolute atomic E-state index is 10.4. The Bertz CT molecular complexity index is 478. The third-order valence-corrected chi connectivity index (χ3v) is 1.56. The Hall–Kier alpha value is -2.18. The van der Waals surface area contributed by atoms with Crippen molar-refractivity contribution in [2.45, 2.75) is 0 Å². The lowest BCUT2D eigenvalue weighted by Crippen LogP contribution is -1.87. The van der Waals surface area contributed by atoms with E-state index in [1.807, 2.05) is 0 Å². The van der Waals surface area contributed by atoms with Gasteiger partial charge < -0.3 is 9.63 Å². The predicted molar refractivity (Wildman–Crippen MR) is 40.1 cm³/mol. The van der Waals surface area contributed by atoms with Gasteiger partial charge in [-0.1, -0.05) is 0 Å². The summed E-state index contributed by atoms with van der Waals surface area (Å²) in [6.45, 7) is 0. The van der Waals surface area contributed by atoms with Gasteiger partial charge in [-0.2, -0.15) is 0 Å². The molecule has 1 heterocycles.